The van der Waals surface area contributed by atoms with Crippen molar-refractivity contribution in [2.45, 2.75) is 6.54 Å². The summed E-state index contributed by atoms with van der Waals surface area (Å²) in [6.07, 6.45) is 1.49. The molecule has 0 atom stereocenters. The average Bonchev–Trinajstić information content (AvgIpc) is 2.82. The first-order valence-corrected chi connectivity index (χ1v) is 9.74. The van der Waals surface area contributed by atoms with E-state index in [1.165, 1.54) is 0 Å². The molecule has 0 spiro atoms. The normalized spacial score (nSPS) is 10.9. The number of methoxy groups -OCH3 is 2. The Kier molecular flexibility index (Phi) is 7.48. The zero-order valence-corrected chi connectivity index (χ0v) is 17.7. The second kappa shape index (κ2) is 10.7. The summed E-state index contributed by atoms with van der Waals surface area (Å²) in [5.74, 6) is 2.49. The summed E-state index contributed by atoms with van der Waals surface area (Å²) >= 11 is 0. The van der Waals surface area contributed by atoms with Gasteiger partial charge in [0.15, 0.2) is 6.29 Å². The number of aldehydes is 1. The minimum absolute atomic E-state index is 0.226. The Bertz CT molecular complexity index is 1080. The van der Waals surface area contributed by atoms with Crippen LogP contribution < -0.4 is 19.5 Å². The summed E-state index contributed by atoms with van der Waals surface area (Å²) < 4.78 is 16.4. The molecule has 32 heavy (non-hydrogen) atoms. The van der Waals surface area contributed by atoms with E-state index >= 15 is 0 Å². The third kappa shape index (κ3) is 6.12. The van der Waals surface area contributed by atoms with E-state index in [2.05, 4.69) is 5.32 Å². The Hall–Kier alpha value is -4.26. The first kappa shape index (κ1) is 22.4. The van der Waals surface area contributed by atoms with Crippen molar-refractivity contribution in [2.24, 2.45) is 0 Å². The number of carboxylic acid groups (broad SMARTS) is 1. The van der Waals surface area contributed by atoms with Crippen molar-refractivity contribution in [1.29, 1.82) is 0 Å². The van der Waals surface area contributed by atoms with Crippen LogP contribution in [-0.2, 0) is 11.3 Å². The maximum atomic E-state index is 11.7. The predicted molar refractivity (Wildman–Crippen MR) is 121 cm³/mol. The topological polar surface area (TPSA) is 94.1 Å². The summed E-state index contributed by atoms with van der Waals surface area (Å²) in [5.41, 5.74) is 2.84. The summed E-state index contributed by atoms with van der Waals surface area (Å²) in [7, 11) is 3.14. The lowest BCUT2D eigenvalue weighted by atomic mass is 10.0. The van der Waals surface area contributed by atoms with Crippen LogP contribution in [0, 0.1) is 0 Å². The van der Waals surface area contributed by atoms with Crippen LogP contribution >= 0.6 is 0 Å². The highest BCUT2D eigenvalue weighted by atomic mass is 16.5. The molecule has 0 bridgehead atoms. The van der Waals surface area contributed by atoms with Gasteiger partial charge in [-0.2, -0.15) is 0 Å². The van der Waals surface area contributed by atoms with Crippen LogP contribution in [0.1, 0.15) is 16.7 Å². The van der Waals surface area contributed by atoms with E-state index in [1.54, 1.807) is 74.9 Å². The van der Waals surface area contributed by atoms with Gasteiger partial charge in [-0.1, -0.05) is 24.3 Å². The number of amides is 1. The molecular weight excluding hydrogens is 410 g/mol. The van der Waals surface area contributed by atoms with Gasteiger partial charge in [-0.05, 0) is 59.2 Å². The van der Waals surface area contributed by atoms with Crippen LogP contribution in [0.25, 0.3) is 11.6 Å². The second-order valence-corrected chi connectivity index (χ2v) is 6.79. The Balaban J connectivity index is 1.73. The molecule has 3 aromatic rings. The lowest BCUT2D eigenvalue weighted by Gasteiger charge is -2.09. The van der Waals surface area contributed by atoms with E-state index in [4.69, 9.17) is 19.3 Å². The molecule has 0 unspecified atom stereocenters. The Morgan fingerprint density at radius 1 is 0.875 bits per heavy atom. The molecule has 164 valence electrons. The highest BCUT2D eigenvalue weighted by Gasteiger charge is 2.06. The molecule has 7 heteroatoms. The molecule has 0 fully saturated rings. The molecule has 0 aliphatic carbocycles. The maximum absolute atomic E-state index is 11.7. The lowest BCUT2D eigenvalue weighted by Crippen LogP contribution is -2.19. The first-order chi connectivity index (χ1) is 15.5. The highest BCUT2D eigenvalue weighted by Crippen LogP contribution is 2.27. The lowest BCUT2D eigenvalue weighted by molar-refractivity contribution is -0.103. The van der Waals surface area contributed by atoms with E-state index in [-0.39, 0.29) is 6.54 Å². The molecule has 0 radical (unpaired) electrons. The van der Waals surface area contributed by atoms with Gasteiger partial charge in [0.25, 0.3) is 0 Å². The maximum Gasteiger partial charge on any atom is 0.404 e. The standard InChI is InChI=1S/C25H23NO6/c1-30-23-12-18(13-24(14-23)31-2)11-20(16-27)19-5-9-22(10-6-19)32-21-7-3-17(4-8-21)15-26-25(28)29/h3-14,16,26H,15H2,1-2H3,(H,28,29)/b20-11-. The number of carbonyl (C=O) groups is 2. The minimum atomic E-state index is -1.07. The van der Waals surface area contributed by atoms with Crippen LogP contribution in [0.5, 0.6) is 23.0 Å². The molecule has 7 nitrogen and oxygen atoms in total. The van der Waals surface area contributed by atoms with Crippen LogP contribution in [0.3, 0.4) is 0 Å². The number of benzene rings is 3. The van der Waals surface area contributed by atoms with Crippen molar-refractivity contribution in [2.75, 3.05) is 14.2 Å². The number of rotatable bonds is 9. The molecule has 3 aromatic carbocycles. The molecule has 0 aromatic heterocycles. The van der Waals surface area contributed by atoms with E-state index in [0.717, 1.165) is 23.0 Å². The molecule has 3 rings (SSSR count). The van der Waals surface area contributed by atoms with E-state index < -0.39 is 6.09 Å². The fourth-order valence-electron chi connectivity index (χ4n) is 2.98. The summed E-state index contributed by atoms with van der Waals surface area (Å²) in [5, 5.41) is 11.0. The van der Waals surface area contributed by atoms with Crippen molar-refractivity contribution in [3.05, 3.63) is 83.4 Å². The second-order valence-electron chi connectivity index (χ2n) is 6.79. The van der Waals surface area contributed by atoms with E-state index in [9.17, 15) is 9.59 Å². The molecule has 0 saturated heterocycles. The molecule has 0 aliphatic rings. The number of hydrogen-bond donors (Lipinski definition) is 2. The van der Waals surface area contributed by atoms with Gasteiger partial charge in [-0.3, -0.25) is 4.79 Å². The summed E-state index contributed by atoms with van der Waals surface area (Å²) in [6, 6.07) is 19.7. The van der Waals surface area contributed by atoms with Crippen molar-refractivity contribution < 1.29 is 28.9 Å². The smallest absolute Gasteiger partial charge is 0.404 e. The quantitative estimate of drug-likeness (QED) is 0.280. The Morgan fingerprint density at radius 3 is 1.94 bits per heavy atom. The fraction of sp³-hybridized carbons (Fsp3) is 0.120. The number of nitrogens with one attached hydrogen (secondary N) is 1. The number of ether oxygens (including phenoxy) is 3. The van der Waals surface area contributed by atoms with Gasteiger partial charge in [0.05, 0.1) is 14.2 Å². The highest BCUT2D eigenvalue weighted by molar-refractivity contribution is 6.13. The van der Waals surface area contributed by atoms with E-state index in [1.807, 2.05) is 12.1 Å². The summed E-state index contributed by atoms with van der Waals surface area (Å²) in [4.78, 5) is 22.3. The van der Waals surface area contributed by atoms with Crippen molar-refractivity contribution in [1.82, 2.24) is 5.32 Å². The molecule has 1 amide bonds. The van der Waals surface area contributed by atoms with E-state index in [0.29, 0.717) is 28.6 Å². The average molecular weight is 433 g/mol. The molecule has 0 heterocycles. The third-order valence-corrected chi connectivity index (χ3v) is 4.61. The van der Waals surface area contributed by atoms with Crippen LogP contribution in [0.2, 0.25) is 0 Å². The van der Waals surface area contributed by atoms with Gasteiger partial charge in [0.2, 0.25) is 0 Å². The van der Waals surface area contributed by atoms with Gasteiger partial charge in [0.1, 0.15) is 23.0 Å². The zero-order chi connectivity index (χ0) is 22.9. The van der Waals surface area contributed by atoms with Crippen LogP contribution in [0.4, 0.5) is 4.79 Å². The minimum Gasteiger partial charge on any atom is -0.497 e. The van der Waals surface area contributed by atoms with Crippen LogP contribution in [-0.4, -0.2) is 31.7 Å². The van der Waals surface area contributed by atoms with Gasteiger partial charge in [0, 0.05) is 18.2 Å². The Morgan fingerprint density at radius 2 is 1.44 bits per heavy atom. The first-order valence-electron chi connectivity index (χ1n) is 9.74. The Labute approximate surface area is 185 Å². The van der Waals surface area contributed by atoms with Gasteiger partial charge in [-0.25, -0.2) is 4.79 Å². The molecular formula is C25H23NO6. The van der Waals surface area contributed by atoms with Crippen molar-refractivity contribution in [3.8, 4) is 23.0 Å². The zero-order valence-electron chi connectivity index (χ0n) is 17.7. The van der Waals surface area contributed by atoms with Crippen molar-refractivity contribution >= 4 is 24.0 Å². The van der Waals surface area contributed by atoms with Gasteiger partial charge >= 0.3 is 6.09 Å². The summed E-state index contributed by atoms with van der Waals surface area (Å²) in [6.45, 7) is 0.226. The molecule has 0 saturated carbocycles. The fourth-order valence-corrected chi connectivity index (χ4v) is 2.98. The van der Waals surface area contributed by atoms with Gasteiger partial charge < -0.3 is 24.6 Å². The third-order valence-electron chi connectivity index (χ3n) is 4.61. The number of carbonyl (C=O) groups excluding carboxylic acids is 1. The SMILES string of the molecule is COc1cc(/C=C(/C=O)c2ccc(Oc3ccc(CNC(=O)O)cc3)cc2)cc(OC)c1. The number of allylic oxidation sites excluding steroid dienone is 1. The molecule has 0 aliphatic heterocycles. The predicted octanol–water partition coefficient (Wildman–Crippen LogP) is 5.00. The number of hydrogen-bond acceptors (Lipinski definition) is 5. The monoisotopic (exact) mass is 433 g/mol. The van der Waals surface area contributed by atoms with Crippen molar-refractivity contribution in [3.63, 3.8) is 0 Å². The van der Waals surface area contributed by atoms with Gasteiger partial charge in [-0.15, -0.1) is 0 Å². The van der Waals surface area contributed by atoms with Crippen LogP contribution in [0.15, 0.2) is 66.7 Å². The largest absolute Gasteiger partial charge is 0.497 e. The molecule has 2 N–H and O–H groups in total.